The first-order chi connectivity index (χ1) is 19.1. The SMILES string of the molecule is CN(C)CCCOc1ccc(CNC2C(N)CCCN2c2nc3c(c(N4CCCCCC4)n2)CNCC3)cc1. The lowest BCUT2D eigenvalue weighted by molar-refractivity contribution is 0.281. The highest BCUT2D eigenvalue weighted by molar-refractivity contribution is 5.55. The number of benzene rings is 1. The molecule has 4 heterocycles. The maximum absolute atomic E-state index is 6.72. The zero-order chi connectivity index (χ0) is 27.0. The average molecular weight is 537 g/mol. The molecule has 2 aromatic rings. The van der Waals surface area contributed by atoms with E-state index in [2.05, 4.69) is 63.7 Å². The summed E-state index contributed by atoms with van der Waals surface area (Å²) in [5.41, 5.74) is 10.4. The molecule has 39 heavy (non-hydrogen) atoms. The number of hydrogen-bond donors (Lipinski definition) is 3. The number of nitrogens with two attached hydrogens (primary N) is 1. The number of aromatic nitrogens is 2. The second-order valence-corrected chi connectivity index (χ2v) is 11.6. The third kappa shape index (κ3) is 7.39. The number of piperidine rings is 1. The Kier molecular flexibility index (Phi) is 9.90. The molecule has 0 saturated carbocycles. The molecule has 0 aliphatic carbocycles. The second-order valence-electron chi connectivity index (χ2n) is 11.6. The Morgan fingerprint density at radius 3 is 2.62 bits per heavy atom. The standard InChI is InChI=1S/C30H48N8O/c1-36(2)16-8-20-39-24-12-10-23(11-13-24)21-33-29-26(31)9-7-19-38(29)30-34-27-14-15-32-22-25(27)28(35-30)37-17-5-3-4-6-18-37/h10-13,26,29,32-33H,3-9,14-22,31H2,1-2H3. The third-order valence-corrected chi connectivity index (χ3v) is 8.20. The van der Waals surface area contributed by atoms with E-state index < -0.39 is 0 Å². The van der Waals surface area contributed by atoms with Crippen LogP contribution in [0.5, 0.6) is 5.75 Å². The zero-order valence-electron chi connectivity index (χ0n) is 24.0. The van der Waals surface area contributed by atoms with Crippen molar-refractivity contribution in [3.63, 3.8) is 0 Å². The molecular weight excluding hydrogens is 488 g/mol. The van der Waals surface area contributed by atoms with Gasteiger partial charge in [0, 0.05) is 63.8 Å². The highest BCUT2D eigenvalue weighted by Gasteiger charge is 2.32. The fourth-order valence-electron chi connectivity index (χ4n) is 5.99. The molecule has 1 aromatic carbocycles. The summed E-state index contributed by atoms with van der Waals surface area (Å²) in [6.45, 7) is 7.42. The summed E-state index contributed by atoms with van der Waals surface area (Å²) in [5, 5.41) is 7.31. The molecule has 0 spiro atoms. The van der Waals surface area contributed by atoms with E-state index in [-0.39, 0.29) is 12.2 Å². The predicted octanol–water partition coefficient (Wildman–Crippen LogP) is 2.88. The van der Waals surface area contributed by atoms with Gasteiger partial charge in [0.2, 0.25) is 5.95 Å². The maximum Gasteiger partial charge on any atom is 0.228 e. The monoisotopic (exact) mass is 536 g/mol. The smallest absolute Gasteiger partial charge is 0.228 e. The molecule has 5 rings (SSSR count). The van der Waals surface area contributed by atoms with Gasteiger partial charge in [0.15, 0.2) is 0 Å². The van der Waals surface area contributed by atoms with Crippen LogP contribution in [-0.4, -0.2) is 80.5 Å². The van der Waals surface area contributed by atoms with Crippen LogP contribution in [0.4, 0.5) is 11.8 Å². The van der Waals surface area contributed by atoms with Crippen LogP contribution >= 0.6 is 0 Å². The van der Waals surface area contributed by atoms with E-state index in [1.54, 1.807) is 0 Å². The van der Waals surface area contributed by atoms with Crippen LogP contribution in [0.3, 0.4) is 0 Å². The number of rotatable bonds is 10. The predicted molar refractivity (Wildman–Crippen MR) is 158 cm³/mol. The minimum atomic E-state index is -0.00235. The van der Waals surface area contributed by atoms with Crippen LogP contribution < -0.4 is 30.9 Å². The van der Waals surface area contributed by atoms with Crippen LogP contribution in [0.15, 0.2) is 24.3 Å². The molecule has 214 valence electrons. The lowest BCUT2D eigenvalue weighted by Gasteiger charge is -2.41. The van der Waals surface area contributed by atoms with Gasteiger partial charge < -0.3 is 30.5 Å². The molecule has 4 N–H and O–H groups in total. The summed E-state index contributed by atoms with van der Waals surface area (Å²) in [5.74, 6) is 2.90. The Morgan fingerprint density at radius 2 is 1.85 bits per heavy atom. The van der Waals surface area contributed by atoms with Crippen molar-refractivity contribution in [1.29, 1.82) is 0 Å². The third-order valence-electron chi connectivity index (χ3n) is 8.20. The molecule has 2 saturated heterocycles. The Morgan fingerprint density at radius 1 is 1.05 bits per heavy atom. The Bertz CT molecular complexity index is 1040. The summed E-state index contributed by atoms with van der Waals surface area (Å²) >= 11 is 0. The molecule has 2 fully saturated rings. The van der Waals surface area contributed by atoms with Crippen LogP contribution in [0.2, 0.25) is 0 Å². The van der Waals surface area contributed by atoms with E-state index in [1.807, 2.05) is 0 Å². The first kappa shape index (κ1) is 28.1. The summed E-state index contributed by atoms with van der Waals surface area (Å²) in [7, 11) is 4.18. The van der Waals surface area contributed by atoms with Crippen LogP contribution in [0.25, 0.3) is 0 Å². The van der Waals surface area contributed by atoms with Gasteiger partial charge in [0.1, 0.15) is 11.6 Å². The second kappa shape index (κ2) is 13.7. The van der Waals surface area contributed by atoms with Crippen LogP contribution in [-0.2, 0) is 19.5 Å². The topological polar surface area (TPSA) is 94.8 Å². The highest BCUT2D eigenvalue weighted by Crippen LogP contribution is 2.30. The minimum absolute atomic E-state index is 0.00235. The first-order valence-electron chi connectivity index (χ1n) is 15.1. The molecule has 9 nitrogen and oxygen atoms in total. The van der Waals surface area contributed by atoms with Crippen molar-refractivity contribution in [3.8, 4) is 5.75 Å². The molecule has 0 radical (unpaired) electrons. The molecular formula is C30H48N8O. The minimum Gasteiger partial charge on any atom is -0.494 e. The Hall–Kier alpha value is -2.46. The molecule has 0 amide bonds. The molecule has 9 heteroatoms. The van der Waals surface area contributed by atoms with Gasteiger partial charge >= 0.3 is 0 Å². The van der Waals surface area contributed by atoms with Crippen LogP contribution in [0, 0.1) is 0 Å². The van der Waals surface area contributed by atoms with Crippen molar-refractivity contribution < 1.29 is 4.74 Å². The van der Waals surface area contributed by atoms with Gasteiger partial charge in [-0.25, -0.2) is 4.98 Å². The number of ether oxygens (including phenoxy) is 1. The summed E-state index contributed by atoms with van der Waals surface area (Å²) in [4.78, 5) is 17.4. The fourth-order valence-corrected chi connectivity index (χ4v) is 5.99. The lowest BCUT2D eigenvalue weighted by Crippen LogP contribution is -2.60. The number of fused-ring (bicyclic) bond motifs is 1. The van der Waals surface area contributed by atoms with E-state index in [0.717, 1.165) is 95.6 Å². The van der Waals surface area contributed by atoms with Gasteiger partial charge in [0.05, 0.1) is 18.5 Å². The van der Waals surface area contributed by atoms with Gasteiger partial charge in [-0.1, -0.05) is 25.0 Å². The fraction of sp³-hybridized carbons (Fsp3) is 0.667. The molecule has 2 unspecified atom stereocenters. The molecule has 3 aliphatic heterocycles. The number of nitrogens with zero attached hydrogens (tertiary/aromatic N) is 5. The van der Waals surface area contributed by atoms with Gasteiger partial charge in [-0.2, -0.15) is 4.98 Å². The quantitative estimate of drug-likeness (QED) is 0.396. The largest absolute Gasteiger partial charge is 0.494 e. The summed E-state index contributed by atoms with van der Waals surface area (Å²) in [6, 6.07) is 8.46. The van der Waals surface area contributed by atoms with E-state index in [9.17, 15) is 0 Å². The lowest BCUT2D eigenvalue weighted by atomic mass is 10.0. The van der Waals surface area contributed by atoms with E-state index in [4.69, 9.17) is 20.4 Å². The van der Waals surface area contributed by atoms with E-state index >= 15 is 0 Å². The normalized spacial score (nSPS) is 22.1. The maximum atomic E-state index is 6.72. The van der Waals surface area contributed by atoms with E-state index in [1.165, 1.54) is 42.5 Å². The first-order valence-corrected chi connectivity index (χ1v) is 15.1. The molecule has 0 bridgehead atoms. The Balaban J connectivity index is 1.29. The molecule has 3 aliphatic rings. The highest BCUT2D eigenvalue weighted by atomic mass is 16.5. The summed E-state index contributed by atoms with van der Waals surface area (Å²) in [6.07, 6.45) is 9.12. The van der Waals surface area contributed by atoms with Crippen LogP contribution in [0.1, 0.15) is 61.8 Å². The average Bonchev–Trinajstić information content (AvgIpc) is 3.24. The van der Waals surface area contributed by atoms with Gasteiger partial charge in [-0.05, 0) is 63.9 Å². The number of hydrogen-bond acceptors (Lipinski definition) is 9. The summed E-state index contributed by atoms with van der Waals surface area (Å²) < 4.78 is 5.91. The van der Waals surface area contributed by atoms with Gasteiger partial charge in [-0.15, -0.1) is 0 Å². The molecule has 2 atom stereocenters. The van der Waals surface area contributed by atoms with Gasteiger partial charge in [-0.3, -0.25) is 5.32 Å². The van der Waals surface area contributed by atoms with Crippen molar-refractivity contribution in [3.05, 3.63) is 41.1 Å². The number of anilines is 2. The molecule has 1 aromatic heterocycles. The van der Waals surface area contributed by atoms with Crippen molar-refractivity contribution >= 4 is 11.8 Å². The van der Waals surface area contributed by atoms with Crippen molar-refractivity contribution in [2.45, 2.75) is 76.7 Å². The Labute approximate surface area is 234 Å². The van der Waals surface area contributed by atoms with E-state index in [0.29, 0.717) is 0 Å². The van der Waals surface area contributed by atoms with Crippen molar-refractivity contribution in [2.24, 2.45) is 5.73 Å². The zero-order valence-corrected chi connectivity index (χ0v) is 24.0. The van der Waals surface area contributed by atoms with Crippen molar-refractivity contribution in [2.75, 3.05) is 63.2 Å². The van der Waals surface area contributed by atoms with Crippen molar-refractivity contribution in [1.82, 2.24) is 25.5 Å². The number of nitrogens with one attached hydrogen (secondary N) is 2. The van der Waals surface area contributed by atoms with Gasteiger partial charge in [0.25, 0.3) is 0 Å².